The Balaban J connectivity index is 2.58. The molecule has 0 aromatic heterocycles. The predicted molar refractivity (Wildman–Crippen MR) is 69.8 cm³/mol. The van der Waals surface area contributed by atoms with E-state index < -0.39 is 0 Å². The molecule has 90 valence electrons. The van der Waals surface area contributed by atoms with Crippen LogP contribution in [0, 0.1) is 11.3 Å². The summed E-state index contributed by atoms with van der Waals surface area (Å²) in [5, 5.41) is 18.9. The van der Waals surface area contributed by atoms with Crippen LogP contribution in [0.2, 0.25) is 5.02 Å². The van der Waals surface area contributed by atoms with Crippen LogP contribution in [-0.4, -0.2) is 12.2 Å². The largest absolute Gasteiger partial charge is 0.507 e. The van der Waals surface area contributed by atoms with E-state index in [9.17, 15) is 5.11 Å². The van der Waals surface area contributed by atoms with E-state index in [1.807, 2.05) is 6.07 Å². The fraction of sp³-hybridized carbons (Fsp3) is 0.0714. The van der Waals surface area contributed by atoms with Gasteiger partial charge in [0.25, 0.3) is 0 Å². The van der Waals surface area contributed by atoms with Crippen LogP contribution in [0.1, 0.15) is 5.56 Å². The number of nitrogens with zero attached hydrogens (tertiary/aromatic N) is 1. The van der Waals surface area contributed by atoms with Gasteiger partial charge < -0.3 is 9.84 Å². The van der Waals surface area contributed by atoms with E-state index in [1.54, 1.807) is 37.4 Å². The number of halogens is 1. The zero-order valence-electron chi connectivity index (χ0n) is 9.64. The Kier molecular flexibility index (Phi) is 3.40. The minimum absolute atomic E-state index is 0.0414. The molecule has 0 radical (unpaired) electrons. The summed E-state index contributed by atoms with van der Waals surface area (Å²) in [4.78, 5) is 0. The monoisotopic (exact) mass is 259 g/mol. The number of benzene rings is 2. The Hall–Kier alpha value is -2.18. The molecule has 2 aromatic rings. The maximum absolute atomic E-state index is 9.47. The van der Waals surface area contributed by atoms with Gasteiger partial charge in [0.1, 0.15) is 17.6 Å². The number of phenols is 1. The standard InChI is InChI=1S/C14H10ClNO2/c1-18-11-3-4-13(15)12(7-11)9-2-5-14(17)10(6-9)8-16/h2-7,17H,1H3. The smallest absolute Gasteiger partial charge is 0.133 e. The van der Waals surface area contributed by atoms with Crippen LogP contribution >= 0.6 is 11.6 Å². The third-order valence-corrected chi connectivity index (χ3v) is 2.93. The highest BCUT2D eigenvalue weighted by atomic mass is 35.5. The van der Waals surface area contributed by atoms with E-state index in [1.165, 1.54) is 6.07 Å². The average molecular weight is 260 g/mol. The molecule has 1 N–H and O–H groups in total. The Labute approximate surface area is 110 Å². The molecule has 3 nitrogen and oxygen atoms in total. The van der Waals surface area contributed by atoms with Crippen molar-refractivity contribution in [3.63, 3.8) is 0 Å². The lowest BCUT2D eigenvalue weighted by atomic mass is 10.0. The first-order chi connectivity index (χ1) is 8.65. The Morgan fingerprint density at radius 3 is 2.67 bits per heavy atom. The minimum Gasteiger partial charge on any atom is -0.507 e. The molecule has 0 fully saturated rings. The number of phenolic OH excluding ortho intramolecular Hbond substituents is 1. The van der Waals surface area contributed by atoms with Crippen molar-refractivity contribution in [3.05, 3.63) is 47.0 Å². The molecule has 0 unspecified atom stereocenters. The summed E-state index contributed by atoms with van der Waals surface area (Å²) in [5.41, 5.74) is 1.73. The molecule has 0 saturated carbocycles. The van der Waals surface area contributed by atoms with Gasteiger partial charge >= 0.3 is 0 Å². The number of aromatic hydroxyl groups is 1. The van der Waals surface area contributed by atoms with Crippen LogP contribution in [0.15, 0.2) is 36.4 Å². The van der Waals surface area contributed by atoms with E-state index in [0.29, 0.717) is 10.8 Å². The van der Waals surface area contributed by atoms with Crippen molar-refractivity contribution in [1.29, 1.82) is 5.26 Å². The van der Waals surface area contributed by atoms with Crippen molar-refractivity contribution in [2.24, 2.45) is 0 Å². The second kappa shape index (κ2) is 4.99. The molecule has 0 amide bonds. The van der Waals surface area contributed by atoms with Gasteiger partial charge in [-0.15, -0.1) is 0 Å². The van der Waals surface area contributed by atoms with E-state index in [-0.39, 0.29) is 11.3 Å². The van der Waals surface area contributed by atoms with E-state index >= 15 is 0 Å². The average Bonchev–Trinajstić information content (AvgIpc) is 2.40. The molecule has 0 aliphatic heterocycles. The third-order valence-electron chi connectivity index (χ3n) is 2.60. The van der Waals surface area contributed by atoms with Gasteiger partial charge in [0.2, 0.25) is 0 Å². The Bertz CT molecular complexity index is 632. The molecule has 0 bridgehead atoms. The van der Waals surface area contributed by atoms with Crippen LogP contribution in [0.3, 0.4) is 0 Å². The van der Waals surface area contributed by atoms with Gasteiger partial charge in [0.15, 0.2) is 0 Å². The minimum atomic E-state index is -0.0414. The number of hydrogen-bond donors (Lipinski definition) is 1. The zero-order valence-corrected chi connectivity index (χ0v) is 10.4. The zero-order chi connectivity index (χ0) is 13.1. The van der Waals surface area contributed by atoms with E-state index in [4.69, 9.17) is 21.6 Å². The summed E-state index contributed by atoms with van der Waals surface area (Å²) in [6.45, 7) is 0. The van der Waals surface area contributed by atoms with Crippen molar-refractivity contribution < 1.29 is 9.84 Å². The van der Waals surface area contributed by atoms with Crippen molar-refractivity contribution in [2.45, 2.75) is 0 Å². The SMILES string of the molecule is COc1ccc(Cl)c(-c2ccc(O)c(C#N)c2)c1. The fourth-order valence-corrected chi connectivity index (χ4v) is 1.87. The molecule has 2 rings (SSSR count). The Morgan fingerprint density at radius 2 is 2.00 bits per heavy atom. The molecule has 0 saturated heterocycles. The molecule has 2 aromatic carbocycles. The lowest BCUT2D eigenvalue weighted by Crippen LogP contribution is -1.86. The van der Waals surface area contributed by atoms with Gasteiger partial charge in [-0.1, -0.05) is 17.7 Å². The summed E-state index contributed by atoms with van der Waals surface area (Å²) in [7, 11) is 1.57. The maximum atomic E-state index is 9.47. The quantitative estimate of drug-likeness (QED) is 0.897. The number of ether oxygens (including phenoxy) is 1. The van der Waals surface area contributed by atoms with Gasteiger partial charge in [-0.2, -0.15) is 5.26 Å². The molecule has 0 aliphatic carbocycles. The van der Waals surface area contributed by atoms with Gasteiger partial charge in [0, 0.05) is 10.6 Å². The summed E-state index contributed by atoms with van der Waals surface area (Å²) in [5.74, 6) is 0.640. The molecular formula is C14H10ClNO2. The first-order valence-electron chi connectivity index (χ1n) is 5.22. The van der Waals surface area contributed by atoms with Crippen LogP contribution in [0.4, 0.5) is 0 Å². The highest BCUT2D eigenvalue weighted by Gasteiger charge is 2.08. The lowest BCUT2D eigenvalue weighted by molar-refractivity contribution is 0.415. The molecule has 0 atom stereocenters. The lowest BCUT2D eigenvalue weighted by Gasteiger charge is -2.08. The normalized spacial score (nSPS) is 9.83. The van der Waals surface area contributed by atoms with Crippen LogP contribution < -0.4 is 4.74 Å². The first-order valence-corrected chi connectivity index (χ1v) is 5.60. The van der Waals surface area contributed by atoms with E-state index in [0.717, 1.165) is 11.1 Å². The number of methoxy groups -OCH3 is 1. The molecule has 0 aliphatic rings. The summed E-state index contributed by atoms with van der Waals surface area (Å²) < 4.78 is 5.14. The van der Waals surface area contributed by atoms with E-state index in [2.05, 4.69) is 0 Å². The maximum Gasteiger partial charge on any atom is 0.133 e. The molecule has 18 heavy (non-hydrogen) atoms. The van der Waals surface area contributed by atoms with Gasteiger partial charge in [-0.05, 0) is 35.9 Å². The first kappa shape index (κ1) is 12.3. The van der Waals surface area contributed by atoms with Crippen LogP contribution in [0.5, 0.6) is 11.5 Å². The number of rotatable bonds is 2. The predicted octanol–water partition coefficient (Wildman–Crippen LogP) is 3.59. The van der Waals surface area contributed by atoms with Crippen molar-refractivity contribution in [1.82, 2.24) is 0 Å². The fourth-order valence-electron chi connectivity index (χ4n) is 1.65. The molecular weight excluding hydrogens is 250 g/mol. The third kappa shape index (κ3) is 2.24. The molecule has 4 heteroatoms. The number of nitriles is 1. The van der Waals surface area contributed by atoms with Gasteiger partial charge in [-0.25, -0.2) is 0 Å². The topological polar surface area (TPSA) is 53.2 Å². The Morgan fingerprint density at radius 1 is 1.22 bits per heavy atom. The van der Waals surface area contributed by atoms with Gasteiger partial charge in [0.05, 0.1) is 12.7 Å². The summed E-state index contributed by atoms with van der Waals surface area (Å²) in [6, 6.07) is 12.0. The molecule has 0 spiro atoms. The highest BCUT2D eigenvalue weighted by molar-refractivity contribution is 6.33. The van der Waals surface area contributed by atoms with Crippen LogP contribution in [-0.2, 0) is 0 Å². The second-order valence-corrected chi connectivity index (χ2v) is 4.10. The highest BCUT2D eigenvalue weighted by Crippen LogP contribution is 2.33. The molecule has 0 heterocycles. The van der Waals surface area contributed by atoms with Gasteiger partial charge in [-0.3, -0.25) is 0 Å². The van der Waals surface area contributed by atoms with Crippen LogP contribution in [0.25, 0.3) is 11.1 Å². The summed E-state index contributed by atoms with van der Waals surface area (Å²) in [6.07, 6.45) is 0. The second-order valence-electron chi connectivity index (χ2n) is 3.69. The van der Waals surface area contributed by atoms with Crippen molar-refractivity contribution >= 4 is 11.6 Å². The summed E-state index contributed by atoms with van der Waals surface area (Å²) >= 11 is 6.12. The van der Waals surface area contributed by atoms with Crippen molar-refractivity contribution in [2.75, 3.05) is 7.11 Å². The number of hydrogen-bond acceptors (Lipinski definition) is 3. The van der Waals surface area contributed by atoms with Crippen molar-refractivity contribution in [3.8, 4) is 28.7 Å².